The van der Waals surface area contributed by atoms with E-state index in [0.29, 0.717) is 11.3 Å². The van der Waals surface area contributed by atoms with Crippen LogP contribution in [0.5, 0.6) is 0 Å². The molecule has 1 aliphatic carbocycles. The lowest BCUT2D eigenvalue weighted by Gasteiger charge is -2.15. The first-order chi connectivity index (χ1) is 9.75. The Bertz CT molecular complexity index is 594. The summed E-state index contributed by atoms with van der Waals surface area (Å²) in [5, 5.41) is 16.3. The van der Waals surface area contributed by atoms with Crippen LogP contribution in [0.25, 0.3) is 11.3 Å². The highest BCUT2D eigenvalue weighted by molar-refractivity contribution is 5.99. The Kier molecular flexibility index (Phi) is 3.52. The molecule has 1 saturated carbocycles. The third kappa shape index (κ3) is 2.44. The molecule has 2 aromatic rings. The summed E-state index contributed by atoms with van der Waals surface area (Å²) >= 11 is 0. The fourth-order valence-electron chi connectivity index (χ4n) is 2.55. The Morgan fingerprint density at radius 1 is 1.30 bits per heavy atom. The number of hydrogen-bond donors (Lipinski definition) is 2. The molecule has 0 bridgehead atoms. The van der Waals surface area contributed by atoms with E-state index in [2.05, 4.69) is 10.5 Å². The van der Waals surface area contributed by atoms with Crippen LogP contribution in [0.2, 0.25) is 0 Å². The molecule has 0 unspecified atom stereocenters. The van der Waals surface area contributed by atoms with Crippen molar-refractivity contribution in [1.29, 1.82) is 0 Å². The Morgan fingerprint density at radius 2 is 2.10 bits per heavy atom. The lowest BCUT2D eigenvalue weighted by molar-refractivity contribution is 0.0873. The van der Waals surface area contributed by atoms with Crippen molar-refractivity contribution < 1.29 is 14.4 Å². The number of benzene rings is 1. The van der Waals surface area contributed by atoms with Crippen molar-refractivity contribution in [3.8, 4) is 11.3 Å². The number of rotatable bonds is 3. The minimum absolute atomic E-state index is 0.180. The standard InChI is InChI=1S/C15H16N2O3/c18-13-8-4-7-12(13)17-15(19)11-9-16-20-14(11)10-5-2-1-3-6-10/h1-3,5-6,9,12-13,18H,4,7-8H2,(H,17,19)/t12-,13+/m1/s1. The van der Waals surface area contributed by atoms with E-state index in [9.17, 15) is 9.90 Å². The van der Waals surface area contributed by atoms with Crippen molar-refractivity contribution in [3.05, 3.63) is 42.1 Å². The second-order valence-corrected chi connectivity index (χ2v) is 5.01. The van der Waals surface area contributed by atoms with Crippen LogP contribution in [0.15, 0.2) is 41.1 Å². The van der Waals surface area contributed by atoms with Crippen LogP contribution in [0.3, 0.4) is 0 Å². The number of aromatic nitrogens is 1. The number of hydrogen-bond acceptors (Lipinski definition) is 4. The minimum Gasteiger partial charge on any atom is -0.391 e. The molecule has 1 amide bonds. The first kappa shape index (κ1) is 12.9. The second kappa shape index (κ2) is 5.46. The van der Waals surface area contributed by atoms with Crippen molar-refractivity contribution in [2.75, 3.05) is 0 Å². The zero-order valence-electron chi connectivity index (χ0n) is 11.0. The fraction of sp³-hybridized carbons (Fsp3) is 0.333. The summed E-state index contributed by atoms with van der Waals surface area (Å²) in [5.41, 5.74) is 1.21. The third-order valence-corrected chi connectivity index (χ3v) is 3.65. The number of nitrogens with zero attached hydrogens (tertiary/aromatic N) is 1. The van der Waals surface area contributed by atoms with E-state index >= 15 is 0 Å². The topological polar surface area (TPSA) is 75.4 Å². The van der Waals surface area contributed by atoms with Gasteiger partial charge in [0.1, 0.15) is 5.56 Å². The summed E-state index contributed by atoms with van der Waals surface area (Å²) < 4.78 is 5.19. The average molecular weight is 272 g/mol. The van der Waals surface area contributed by atoms with Crippen LogP contribution in [-0.2, 0) is 0 Å². The Labute approximate surface area is 116 Å². The normalized spacial score (nSPS) is 21.9. The summed E-state index contributed by atoms with van der Waals surface area (Å²) in [6.07, 6.45) is 3.43. The Balaban J connectivity index is 1.81. The largest absolute Gasteiger partial charge is 0.391 e. The highest BCUT2D eigenvalue weighted by atomic mass is 16.5. The zero-order valence-corrected chi connectivity index (χ0v) is 11.0. The molecule has 3 rings (SSSR count). The Morgan fingerprint density at radius 3 is 2.80 bits per heavy atom. The van der Waals surface area contributed by atoms with E-state index in [4.69, 9.17) is 4.52 Å². The molecule has 0 radical (unpaired) electrons. The zero-order chi connectivity index (χ0) is 13.9. The highest BCUT2D eigenvalue weighted by Gasteiger charge is 2.28. The van der Waals surface area contributed by atoms with Crippen LogP contribution < -0.4 is 5.32 Å². The summed E-state index contributed by atoms with van der Waals surface area (Å²) in [5.74, 6) is 0.201. The van der Waals surface area contributed by atoms with Crippen molar-refractivity contribution in [2.24, 2.45) is 0 Å². The van der Waals surface area contributed by atoms with Gasteiger partial charge in [0, 0.05) is 5.56 Å². The van der Waals surface area contributed by atoms with E-state index in [1.165, 1.54) is 6.20 Å². The van der Waals surface area contributed by atoms with E-state index in [1.54, 1.807) is 0 Å². The molecule has 5 nitrogen and oxygen atoms in total. The average Bonchev–Trinajstić information content (AvgIpc) is 3.09. The molecule has 2 N–H and O–H groups in total. The van der Waals surface area contributed by atoms with Gasteiger partial charge in [0.2, 0.25) is 0 Å². The number of aliphatic hydroxyl groups excluding tert-OH is 1. The molecule has 0 aliphatic heterocycles. The number of carbonyl (C=O) groups is 1. The van der Waals surface area contributed by atoms with Crippen molar-refractivity contribution in [3.63, 3.8) is 0 Å². The van der Waals surface area contributed by atoms with Crippen LogP contribution in [0.1, 0.15) is 29.6 Å². The molecule has 1 aliphatic rings. The van der Waals surface area contributed by atoms with Gasteiger partial charge in [-0.05, 0) is 19.3 Å². The Hall–Kier alpha value is -2.14. The van der Waals surface area contributed by atoms with Crippen molar-refractivity contribution in [1.82, 2.24) is 10.5 Å². The lowest BCUT2D eigenvalue weighted by atomic mass is 10.1. The maximum atomic E-state index is 12.3. The summed E-state index contributed by atoms with van der Waals surface area (Å²) in [6.45, 7) is 0. The fourth-order valence-corrected chi connectivity index (χ4v) is 2.55. The van der Waals surface area contributed by atoms with Crippen molar-refractivity contribution in [2.45, 2.75) is 31.4 Å². The van der Waals surface area contributed by atoms with Gasteiger partial charge < -0.3 is 14.9 Å². The summed E-state index contributed by atoms with van der Waals surface area (Å²) in [6, 6.07) is 9.19. The van der Waals surface area contributed by atoms with Crippen LogP contribution >= 0.6 is 0 Å². The predicted molar refractivity (Wildman–Crippen MR) is 73.1 cm³/mol. The van der Waals surface area contributed by atoms with Gasteiger partial charge in [0.05, 0.1) is 18.3 Å². The SMILES string of the molecule is O=C(N[C@@H]1CCC[C@@H]1O)c1cnoc1-c1ccccc1. The molecule has 5 heteroatoms. The van der Waals surface area contributed by atoms with E-state index in [1.807, 2.05) is 30.3 Å². The predicted octanol–water partition coefficient (Wildman–Crippen LogP) is 1.98. The van der Waals surface area contributed by atoms with Gasteiger partial charge in [-0.15, -0.1) is 0 Å². The smallest absolute Gasteiger partial charge is 0.257 e. The lowest BCUT2D eigenvalue weighted by Crippen LogP contribution is -2.39. The number of carbonyl (C=O) groups excluding carboxylic acids is 1. The number of amides is 1. The van der Waals surface area contributed by atoms with Gasteiger partial charge in [-0.25, -0.2) is 0 Å². The van der Waals surface area contributed by atoms with E-state index in [0.717, 1.165) is 24.8 Å². The van der Waals surface area contributed by atoms with Crippen LogP contribution in [0, 0.1) is 0 Å². The molecule has 104 valence electrons. The van der Waals surface area contributed by atoms with Crippen LogP contribution in [-0.4, -0.2) is 28.3 Å². The second-order valence-electron chi connectivity index (χ2n) is 5.01. The third-order valence-electron chi connectivity index (χ3n) is 3.65. The summed E-state index contributed by atoms with van der Waals surface area (Å²) in [7, 11) is 0. The summed E-state index contributed by atoms with van der Waals surface area (Å²) in [4.78, 5) is 12.3. The quantitative estimate of drug-likeness (QED) is 0.896. The molecule has 1 heterocycles. The minimum atomic E-state index is -0.459. The maximum Gasteiger partial charge on any atom is 0.257 e. The monoisotopic (exact) mass is 272 g/mol. The van der Waals surface area contributed by atoms with Gasteiger partial charge in [-0.1, -0.05) is 35.5 Å². The molecular weight excluding hydrogens is 256 g/mol. The molecule has 0 spiro atoms. The number of nitrogens with one attached hydrogen (secondary N) is 1. The highest BCUT2D eigenvalue weighted by Crippen LogP contribution is 2.24. The van der Waals surface area contributed by atoms with E-state index < -0.39 is 6.10 Å². The molecule has 1 aromatic carbocycles. The maximum absolute atomic E-state index is 12.3. The first-order valence-electron chi connectivity index (χ1n) is 6.75. The molecule has 0 saturated heterocycles. The van der Waals surface area contributed by atoms with Gasteiger partial charge in [-0.3, -0.25) is 4.79 Å². The van der Waals surface area contributed by atoms with Gasteiger partial charge in [-0.2, -0.15) is 0 Å². The molecule has 2 atom stereocenters. The molecule has 20 heavy (non-hydrogen) atoms. The first-order valence-corrected chi connectivity index (χ1v) is 6.75. The van der Waals surface area contributed by atoms with Gasteiger partial charge in [0.15, 0.2) is 5.76 Å². The van der Waals surface area contributed by atoms with E-state index in [-0.39, 0.29) is 11.9 Å². The molecule has 1 fully saturated rings. The molecule has 1 aromatic heterocycles. The molecular formula is C15H16N2O3. The van der Waals surface area contributed by atoms with Gasteiger partial charge >= 0.3 is 0 Å². The van der Waals surface area contributed by atoms with Gasteiger partial charge in [0.25, 0.3) is 5.91 Å². The van der Waals surface area contributed by atoms with Crippen molar-refractivity contribution >= 4 is 5.91 Å². The van der Waals surface area contributed by atoms with Crippen LogP contribution in [0.4, 0.5) is 0 Å². The number of aliphatic hydroxyl groups is 1.